The third kappa shape index (κ3) is 11.6. The minimum atomic E-state index is 0.379. The first-order chi connectivity index (χ1) is 16.4. The zero-order valence-corrected chi connectivity index (χ0v) is 22.8. The summed E-state index contributed by atoms with van der Waals surface area (Å²) in [7, 11) is 0. The number of aliphatic imine (C=N–C) groups is 3. The van der Waals surface area contributed by atoms with Crippen LogP contribution in [0.15, 0.2) is 57.8 Å². The molecule has 3 aliphatic heterocycles. The minimum absolute atomic E-state index is 0.379. The van der Waals surface area contributed by atoms with E-state index in [4.69, 9.17) is 9.68 Å². The van der Waals surface area contributed by atoms with E-state index in [1.807, 2.05) is 27.7 Å². The van der Waals surface area contributed by atoms with Gasteiger partial charge in [-0.25, -0.2) is 20.9 Å². The van der Waals surface area contributed by atoms with Crippen molar-refractivity contribution >= 4 is 29.5 Å². The van der Waals surface area contributed by atoms with E-state index in [9.17, 15) is 0 Å². The zero-order chi connectivity index (χ0) is 26.5. The molecule has 0 amide bonds. The summed E-state index contributed by atoms with van der Waals surface area (Å²) in [5.41, 5.74) is 5.31. The smallest absolute Gasteiger partial charge is 0.240 e. The average Bonchev–Trinajstić information content (AvgIpc) is 3.57. The Bertz CT molecular complexity index is 842. The second kappa shape index (κ2) is 14.9. The first kappa shape index (κ1) is 29.8. The number of hydrogen-bond acceptors (Lipinski definition) is 11. The summed E-state index contributed by atoms with van der Waals surface area (Å²) >= 11 is 1.49. The highest BCUT2D eigenvalue weighted by molar-refractivity contribution is 8.02. The molecular formula is C23H39N9O2S. The summed E-state index contributed by atoms with van der Waals surface area (Å²) in [5, 5.41) is 7.34. The molecule has 1 aromatic rings. The molecule has 0 saturated carbocycles. The van der Waals surface area contributed by atoms with E-state index in [-0.39, 0.29) is 0 Å². The van der Waals surface area contributed by atoms with Gasteiger partial charge in [0.25, 0.3) is 0 Å². The van der Waals surface area contributed by atoms with Gasteiger partial charge in [-0.1, -0.05) is 62.0 Å². The zero-order valence-electron chi connectivity index (χ0n) is 22.0. The van der Waals surface area contributed by atoms with E-state index in [0.29, 0.717) is 35.4 Å². The number of nitrogens with one attached hydrogen (secondary N) is 4. The quantitative estimate of drug-likeness (QED) is 0.430. The molecule has 0 aliphatic carbocycles. The molecule has 0 unspecified atom stereocenters. The number of H-pyrrole nitrogens is 1. The van der Waals surface area contributed by atoms with Crippen LogP contribution < -0.4 is 15.7 Å². The van der Waals surface area contributed by atoms with Crippen molar-refractivity contribution in [3.8, 4) is 0 Å². The van der Waals surface area contributed by atoms with Crippen LogP contribution in [0.5, 0.6) is 0 Å². The van der Waals surface area contributed by atoms with Gasteiger partial charge in [-0.15, -0.1) is 0 Å². The highest BCUT2D eigenvalue weighted by atomic mass is 32.2. The first-order valence-corrected chi connectivity index (χ1v) is 12.2. The van der Waals surface area contributed by atoms with Crippen LogP contribution in [0.25, 0.3) is 0 Å². The van der Waals surface area contributed by atoms with Crippen molar-refractivity contribution in [2.24, 2.45) is 32.7 Å². The molecular weight excluding hydrogens is 466 g/mol. The predicted octanol–water partition coefficient (Wildman–Crippen LogP) is 4.79. The lowest BCUT2D eigenvalue weighted by Gasteiger charge is -2.01. The fourth-order valence-electron chi connectivity index (χ4n) is 2.11. The summed E-state index contributed by atoms with van der Waals surface area (Å²) in [6.45, 7) is 27.2. The average molecular weight is 506 g/mol. The topological polar surface area (TPSA) is 133 Å². The van der Waals surface area contributed by atoms with Gasteiger partial charge in [0.1, 0.15) is 34.7 Å². The van der Waals surface area contributed by atoms with Crippen molar-refractivity contribution in [1.82, 2.24) is 30.9 Å². The molecule has 3 aliphatic rings. The summed E-state index contributed by atoms with van der Waals surface area (Å²) in [4.78, 5) is 25.6. The van der Waals surface area contributed by atoms with Crippen molar-refractivity contribution in [2.75, 3.05) is 0 Å². The third-order valence-corrected chi connectivity index (χ3v) is 4.81. The molecule has 4 heterocycles. The van der Waals surface area contributed by atoms with E-state index >= 15 is 0 Å². The number of aromatic nitrogens is 3. The van der Waals surface area contributed by atoms with Crippen LogP contribution in [0.2, 0.25) is 0 Å². The van der Waals surface area contributed by atoms with Gasteiger partial charge in [0.15, 0.2) is 0 Å². The third-order valence-electron chi connectivity index (χ3n) is 4.18. The molecule has 0 fully saturated rings. The molecule has 35 heavy (non-hydrogen) atoms. The lowest BCUT2D eigenvalue weighted by atomic mass is 10.2. The van der Waals surface area contributed by atoms with Crippen LogP contribution in [0.3, 0.4) is 0 Å². The molecule has 0 aromatic carbocycles. The van der Waals surface area contributed by atoms with Crippen LogP contribution in [0.1, 0.15) is 67.1 Å². The van der Waals surface area contributed by atoms with Gasteiger partial charge in [0.2, 0.25) is 11.8 Å². The Morgan fingerprint density at radius 2 is 1.20 bits per heavy atom. The predicted molar refractivity (Wildman–Crippen MR) is 144 cm³/mol. The maximum Gasteiger partial charge on any atom is 0.240 e. The molecule has 4 N–H and O–H groups in total. The number of amidine groups is 3. The largest absolute Gasteiger partial charge is 0.361 e. The van der Waals surface area contributed by atoms with E-state index in [1.165, 1.54) is 18.3 Å². The van der Waals surface area contributed by atoms with Crippen molar-refractivity contribution in [2.45, 2.75) is 61.3 Å². The Labute approximate surface area is 212 Å². The maximum absolute atomic E-state index is 4.78. The molecule has 0 bridgehead atoms. The van der Waals surface area contributed by atoms with Gasteiger partial charge in [0, 0.05) is 35.6 Å². The molecule has 0 spiro atoms. The van der Waals surface area contributed by atoms with Crippen LogP contribution in [0.4, 0.5) is 0 Å². The van der Waals surface area contributed by atoms with Crippen molar-refractivity contribution in [1.29, 1.82) is 0 Å². The molecule has 0 atom stereocenters. The normalized spacial score (nSPS) is 15.9. The Kier molecular flexibility index (Phi) is 12.6. The lowest BCUT2D eigenvalue weighted by Crippen LogP contribution is -2.21. The van der Waals surface area contributed by atoms with Gasteiger partial charge in [-0.3, -0.25) is 5.10 Å². The van der Waals surface area contributed by atoms with Crippen LogP contribution in [0, 0.1) is 17.8 Å². The van der Waals surface area contributed by atoms with Gasteiger partial charge in [-0.05, 0) is 13.2 Å². The SMILES string of the molecule is C=C1N=C(C(C)C)NO1.C=C1N=C(C(C)C)NO1.C=C1N=C(C(C)C)NS1.CC(C)c1ncn[nH]1. The fourth-order valence-corrected chi connectivity index (χ4v) is 2.76. The number of aromatic amines is 1. The molecule has 0 radical (unpaired) electrons. The highest BCUT2D eigenvalue weighted by Crippen LogP contribution is 2.19. The standard InChI is InChI=1S/2C6H10N2O.C6H10N2S.C5H9N3/c3*1-4(2)6-7-5(3)9-8-6;1-4(2)5-6-3-7-8-5/h3*4H,3H2,1-2H3,(H,7,8);3-4H,1-2H3,(H,6,7,8). The number of rotatable bonds is 4. The highest BCUT2D eigenvalue weighted by Gasteiger charge is 2.13. The van der Waals surface area contributed by atoms with Crippen molar-refractivity contribution < 1.29 is 9.68 Å². The molecule has 0 saturated heterocycles. The van der Waals surface area contributed by atoms with Crippen molar-refractivity contribution in [3.05, 3.63) is 48.7 Å². The van der Waals surface area contributed by atoms with Crippen LogP contribution in [-0.2, 0) is 9.68 Å². The number of hydroxylamine groups is 2. The molecule has 1 aromatic heterocycles. The second-order valence-electron chi connectivity index (χ2n) is 8.77. The Morgan fingerprint density at radius 1 is 0.714 bits per heavy atom. The van der Waals surface area contributed by atoms with Crippen LogP contribution >= 0.6 is 11.9 Å². The Hall–Kier alpha value is -3.28. The van der Waals surface area contributed by atoms with Crippen LogP contribution in [-0.4, -0.2) is 32.7 Å². The Balaban J connectivity index is 0.000000234. The number of nitrogens with zero attached hydrogens (tertiary/aromatic N) is 5. The van der Waals surface area contributed by atoms with Gasteiger partial charge >= 0.3 is 0 Å². The van der Waals surface area contributed by atoms with Gasteiger partial charge < -0.3 is 14.4 Å². The second-order valence-corrected chi connectivity index (χ2v) is 9.65. The first-order valence-electron chi connectivity index (χ1n) is 11.4. The Morgan fingerprint density at radius 3 is 1.37 bits per heavy atom. The molecule has 11 nitrogen and oxygen atoms in total. The van der Waals surface area contributed by atoms with E-state index in [1.54, 1.807) is 0 Å². The molecule has 194 valence electrons. The minimum Gasteiger partial charge on any atom is -0.361 e. The van der Waals surface area contributed by atoms with E-state index in [0.717, 1.165) is 28.4 Å². The summed E-state index contributed by atoms with van der Waals surface area (Å²) < 4.78 is 3.07. The van der Waals surface area contributed by atoms with E-state index < -0.39 is 0 Å². The fraction of sp³-hybridized carbons (Fsp3) is 0.522. The summed E-state index contributed by atoms with van der Waals surface area (Å²) in [6.07, 6.45) is 1.52. The van der Waals surface area contributed by atoms with Gasteiger partial charge in [-0.2, -0.15) is 15.1 Å². The van der Waals surface area contributed by atoms with E-state index in [2.05, 4.69) is 93.3 Å². The summed E-state index contributed by atoms with van der Waals surface area (Å²) in [5.74, 6) is 6.26. The lowest BCUT2D eigenvalue weighted by molar-refractivity contribution is 0.176. The monoisotopic (exact) mass is 505 g/mol. The van der Waals surface area contributed by atoms with Crippen molar-refractivity contribution in [3.63, 3.8) is 0 Å². The number of hydrogen-bond donors (Lipinski definition) is 4. The summed E-state index contributed by atoms with van der Waals surface area (Å²) in [6, 6.07) is 0. The molecule has 12 heteroatoms. The van der Waals surface area contributed by atoms with Gasteiger partial charge in [0.05, 0.1) is 0 Å². The maximum atomic E-state index is 4.78. The molecule has 4 rings (SSSR count).